The third-order valence-corrected chi connectivity index (χ3v) is 3.82. The number of rotatable bonds is 5. The van der Waals surface area contributed by atoms with Gasteiger partial charge < -0.3 is 10.6 Å². The van der Waals surface area contributed by atoms with Crippen LogP contribution in [0.3, 0.4) is 0 Å². The van der Waals surface area contributed by atoms with Gasteiger partial charge in [-0.1, -0.05) is 0 Å². The summed E-state index contributed by atoms with van der Waals surface area (Å²) in [4.78, 5) is 11.3. The van der Waals surface area contributed by atoms with Gasteiger partial charge in [-0.2, -0.15) is 0 Å². The standard InChI is InChI=1S/C9H16N2OS/c12-9(6-13-8-1-2-8)11-5-7-3-4-10-7/h7-8,10H,1-6H2,(H,11,12). The van der Waals surface area contributed by atoms with E-state index in [1.165, 1.54) is 19.3 Å². The van der Waals surface area contributed by atoms with Gasteiger partial charge in [-0.05, 0) is 25.8 Å². The lowest BCUT2D eigenvalue weighted by atomic mass is 10.1. The fraction of sp³-hybridized carbons (Fsp3) is 0.889. The molecule has 2 rings (SSSR count). The van der Waals surface area contributed by atoms with E-state index in [1.807, 2.05) is 0 Å². The van der Waals surface area contributed by atoms with Gasteiger partial charge >= 0.3 is 0 Å². The van der Waals surface area contributed by atoms with E-state index in [0.717, 1.165) is 18.3 Å². The maximum atomic E-state index is 11.3. The molecule has 0 spiro atoms. The lowest BCUT2D eigenvalue weighted by molar-refractivity contribution is -0.118. The average Bonchev–Trinajstić information content (AvgIpc) is 2.80. The van der Waals surface area contributed by atoms with Crippen LogP contribution in [0.2, 0.25) is 0 Å². The fourth-order valence-electron chi connectivity index (χ4n) is 1.24. The number of amides is 1. The van der Waals surface area contributed by atoms with Gasteiger partial charge in [-0.3, -0.25) is 4.79 Å². The molecule has 2 N–H and O–H groups in total. The summed E-state index contributed by atoms with van der Waals surface area (Å²) in [5.74, 6) is 0.850. The van der Waals surface area contributed by atoms with Crippen LogP contribution in [0, 0.1) is 0 Å². The lowest BCUT2D eigenvalue weighted by Crippen LogP contribution is -2.50. The molecule has 1 aliphatic carbocycles. The Hall–Kier alpha value is -0.220. The molecule has 1 unspecified atom stereocenters. The van der Waals surface area contributed by atoms with E-state index in [1.54, 1.807) is 11.8 Å². The summed E-state index contributed by atoms with van der Waals surface area (Å²) < 4.78 is 0. The van der Waals surface area contributed by atoms with Crippen LogP contribution in [0.25, 0.3) is 0 Å². The molecule has 74 valence electrons. The van der Waals surface area contributed by atoms with E-state index >= 15 is 0 Å². The first kappa shape index (κ1) is 9.34. The summed E-state index contributed by atoms with van der Waals surface area (Å²) in [6, 6.07) is 0.537. The number of carbonyl (C=O) groups excluding carboxylic acids is 1. The van der Waals surface area contributed by atoms with E-state index in [9.17, 15) is 4.79 Å². The maximum absolute atomic E-state index is 11.3. The monoisotopic (exact) mass is 200 g/mol. The second-order valence-electron chi connectivity index (χ2n) is 3.75. The van der Waals surface area contributed by atoms with Crippen molar-refractivity contribution in [2.24, 2.45) is 0 Å². The van der Waals surface area contributed by atoms with Gasteiger partial charge in [0.1, 0.15) is 0 Å². The van der Waals surface area contributed by atoms with Crippen LogP contribution < -0.4 is 10.6 Å². The van der Waals surface area contributed by atoms with Crippen molar-refractivity contribution in [1.29, 1.82) is 0 Å². The summed E-state index contributed by atoms with van der Waals surface area (Å²) in [6.45, 7) is 1.92. The highest BCUT2D eigenvalue weighted by Gasteiger charge is 2.23. The second kappa shape index (κ2) is 4.33. The highest BCUT2D eigenvalue weighted by atomic mass is 32.2. The topological polar surface area (TPSA) is 41.1 Å². The van der Waals surface area contributed by atoms with Crippen LogP contribution in [-0.4, -0.2) is 36.0 Å². The lowest BCUT2D eigenvalue weighted by Gasteiger charge is -2.27. The van der Waals surface area contributed by atoms with Crippen molar-refractivity contribution in [3.8, 4) is 0 Å². The molecule has 2 fully saturated rings. The second-order valence-corrected chi connectivity index (χ2v) is 5.04. The summed E-state index contributed by atoms with van der Waals surface area (Å²) in [5, 5.41) is 6.99. The smallest absolute Gasteiger partial charge is 0.230 e. The van der Waals surface area contributed by atoms with Gasteiger partial charge in [-0.15, -0.1) is 11.8 Å². The first-order valence-corrected chi connectivity index (χ1v) is 6.01. The quantitative estimate of drug-likeness (QED) is 0.673. The van der Waals surface area contributed by atoms with Crippen LogP contribution in [0.4, 0.5) is 0 Å². The first-order chi connectivity index (χ1) is 6.34. The summed E-state index contributed by atoms with van der Waals surface area (Å²) >= 11 is 1.80. The Kier molecular flexibility index (Phi) is 3.11. The van der Waals surface area contributed by atoms with E-state index in [2.05, 4.69) is 10.6 Å². The van der Waals surface area contributed by atoms with Crippen molar-refractivity contribution in [2.45, 2.75) is 30.6 Å². The molecule has 1 heterocycles. The number of carbonyl (C=O) groups is 1. The molecule has 0 aromatic rings. The summed E-state index contributed by atoms with van der Waals surface area (Å²) in [6.07, 6.45) is 3.82. The van der Waals surface area contributed by atoms with E-state index in [-0.39, 0.29) is 5.91 Å². The van der Waals surface area contributed by atoms with Gasteiger partial charge in [0.2, 0.25) is 5.91 Å². The minimum atomic E-state index is 0.200. The van der Waals surface area contributed by atoms with Crippen molar-refractivity contribution in [3.05, 3.63) is 0 Å². The van der Waals surface area contributed by atoms with Crippen molar-refractivity contribution in [3.63, 3.8) is 0 Å². The zero-order chi connectivity index (χ0) is 9.10. The minimum absolute atomic E-state index is 0.200. The molecule has 1 aliphatic heterocycles. The predicted octanol–water partition coefficient (Wildman–Crippen LogP) is 0.360. The molecular weight excluding hydrogens is 184 g/mol. The van der Waals surface area contributed by atoms with Crippen LogP contribution in [0.15, 0.2) is 0 Å². The third kappa shape index (κ3) is 3.19. The number of hydrogen-bond donors (Lipinski definition) is 2. The number of hydrogen-bond acceptors (Lipinski definition) is 3. The molecule has 2 aliphatic rings. The van der Waals surface area contributed by atoms with E-state index < -0.39 is 0 Å². The van der Waals surface area contributed by atoms with Crippen molar-refractivity contribution in [1.82, 2.24) is 10.6 Å². The molecule has 1 saturated heterocycles. The molecule has 0 bridgehead atoms. The molecule has 1 saturated carbocycles. The Labute approximate surface area is 83.0 Å². The van der Waals surface area contributed by atoms with Gasteiger partial charge in [0, 0.05) is 17.8 Å². The predicted molar refractivity (Wildman–Crippen MR) is 54.9 cm³/mol. The maximum Gasteiger partial charge on any atom is 0.230 e. The zero-order valence-electron chi connectivity index (χ0n) is 7.71. The van der Waals surface area contributed by atoms with Crippen molar-refractivity contribution < 1.29 is 4.79 Å². The minimum Gasteiger partial charge on any atom is -0.354 e. The normalized spacial score (nSPS) is 26.6. The van der Waals surface area contributed by atoms with Gasteiger partial charge in [0.15, 0.2) is 0 Å². The molecule has 0 radical (unpaired) electrons. The third-order valence-electron chi connectivity index (χ3n) is 2.45. The molecule has 13 heavy (non-hydrogen) atoms. The molecule has 0 aromatic heterocycles. The Bertz CT molecular complexity index is 190. The molecule has 4 heteroatoms. The van der Waals surface area contributed by atoms with Crippen LogP contribution in [0.5, 0.6) is 0 Å². The van der Waals surface area contributed by atoms with Crippen LogP contribution >= 0.6 is 11.8 Å². The van der Waals surface area contributed by atoms with E-state index in [4.69, 9.17) is 0 Å². The molecule has 1 amide bonds. The van der Waals surface area contributed by atoms with Crippen molar-refractivity contribution >= 4 is 17.7 Å². The number of nitrogens with one attached hydrogen (secondary N) is 2. The summed E-state index contributed by atoms with van der Waals surface area (Å²) in [5.41, 5.74) is 0. The molecular formula is C9H16N2OS. The highest BCUT2D eigenvalue weighted by molar-refractivity contribution is 8.00. The Morgan fingerprint density at radius 3 is 2.77 bits per heavy atom. The van der Waals surface area contributed by atoms with Crippen molar-refractivity contribution in [2.75, 3.05) is 18.8 Å². The molecule has 1 atom stereocenters. The van der Waals surface area contributed by atoms with Gasteiger partial charge in [-0.25, -0.2) is 0 Å². The van der Waals surface area contributed by atoms with Gasteiger partial charge in [0.05, 0.1) is 5.75 Å². The molecule has 3 nitrogen and oxygen atoms in total. The largest absolute Gasteiger partial charge is 0.354 e. The Morgan fingerprint density at radius 2 is 2.23 bits per heavy atom. The first-order valence-electron chi connectivity index (χ1n) is 4.96. The molecule has 0 aromatic carbocycles. The summed E-state index contributed by atoms with van der Waals surface area (Å²) in [7, 11) is 0. The van der Waals surface area contributed by atoms with Crippen LogP contribution in [0.1, 0.15) is 19.3 Å². The zero-order valence-corrected chi connectivity index (χ0v) is 8.53. The Morgan fingerprint density at radius 1 is 1.46 bits per heavy atom. The highest BCUT2D eigenvalue weighted by Crippen LogP contribution is 2.33. The van der Waals surface area contributed by atoms with Gasteiger partial charge in [0.25, 0.3) is 0 Å². The number of thioether (sulfide) groups is 1. The Balaban J connectivity index is 1.49. The SMILES string of the molecule is O=C(CSC1CC1)NCC1CCN1. The van der Waals surface area contributed by atoms with E-state index in [0.29, 0.717) is 11.8 Å². The average molecular weight is 200 g/mol. The fourth-order valence-corrected chi connectivity index (χ4v) is 2.20. The van der Waals surface area contributed by atoms with Crippen LogP contribution in [-0.2, 0) is 4.79 Å².